The number of ether oxygens (including phenoxy) is 1. The molecule has 4 heteroatoms. The molecule has 0 saturated heterocycles. The first-order valence-electron chi connectivity index (χ1n) is 6.97. The van der Waals surface area contributed by atoms with Crippen LogP contribution >= 0.6 is 0 Å². The molecule has 0 heterocycles. The van der Waals surface area contributed by atoms with Gasteiger partial charge < -0.3 is 15.8 Å². The van der Waals surface area contributed by atoms with Gasteiger partial charge in [-0.05, 0) is 24.7 Å². The Morgan fingerprint density at radius 1 is 1.32 bits per heavy atom. The zero-order chi connectivity index (χ0) is 13.8. The van der Waals surface area contributed by atoms with Gasteiger partial charge in [-0.15, -0.1) is 0 Å². The fourth-order valence-corrected chi connectivity index (χ4v) is 2.67. The van der Waals surface area contributed by atoms with Crippen molar-refractivity contribution in [1.82, 2.24) is 0 Å². The number of nitrogens with one attached hydrogen (secondary N) is 1. The molecule has 0 spiro atoms. The summed E-state index contributed by atoms with van der Waals surface area (Å²) < 4.78 is 18.9. The number of hydrogen-bond donors (Lipinski definition) is 2. The maximum atomic E-state index is 13.8. The SMILES string of the molecule is COc1cc(NCC2CCC(C)CC2)c(F)cc1N. The van der Waals surface area contributed by atoms with Gasteiger partial charge in [0.2, 0.25) is 0 Å². The van der Waals surface area contributed by atoms with Gasteiger partial charge in [-0.2, -0.15) is 0 Å². The van der Waals surface area contributed by atoms with Gasteiger partial charge in [0.15, 0.2) is 0 Å². The van der Waals surface area contributed by atoms with Crippen LogP contribution < -0.4 is 15.8 Å². The van der Waals surface area contributed by atoms with Crippen LogP contribution in [0.4, 0.5) is 15.8 Å². The largest absolute Gasteiger partial charge is 0.495 e. The Bertz CT molecular complexity index is 428. The van der Waals surface area contributed by atoms with Crippen LogP contribution in [0.5, 0.6) is 5.75 Å². The molecule has 1 saturated carbocycles. The van der Waals surface area contributed by atoms with Gasteiger partial charge in [0.25, 0.3) is 0 Å². The van der Waals surface area contributed by atoms with Crippen molar-refractivity contribution in [2.45, 2.75) is 32.6 Å². The van der Waals surface area contributed by atoms with Crippen molar-refractivity contribution < 1.29 is 9.13 Å². The highest BCUT2D eigenvalue weighted by atomic mass is 19.1. The molecule has 0 bridgehead atoms. The lowest BCUT2D eigenvalue weighted by molar-refractivity contribution is 0.300. The summed E-state index contributed by atoms with van der Waals surface area (Å²) >= 11 is 0. The van der Waals surface area contributed by atoms with Crippen LogP contribution in [-0.4, -0.2) is 13.7 Å². The lowest BCUT2D eigenvalue weighted by Crippen LogP contribution is -2.20. The average Bonchev–Trinajstić information content (AvgIpc) is 2.40. The summed E-state index contributed by atoms with van der Waals surface area (Å²) in [4.78, 5) is 0. The molecule has 0 unspecified atom stereocenters. The summed E-state index contributed by atoms with van der Waals surface area (Å²) in [6.07, 6.45) is 5.00. The summed E-state index contributed by atoms with van der Waals surface area (Å²) in [6.45, 7) is 3.12. The highest BCUT2D eigenvalue weighted by molar-refractivity contribution is 5.62. The summed E-state index contributed by atoms with van der Waals surface area (Å²) in [6, 6.07) is 2.94. The number of anilines is 2. The van der Waals surface area contributed by atoms with Gasteiger partial charge in [0.1, 0.15) is 11.6 Å². The molecule has 0 aliphatic heterocycles. The standard InChI is InChI=1S/C15H23FN2O/c1-10-3-5-11(6-4-10)9-18-14-8-15(19-2)13(17)7-12(14)16/h7-8,10-11,18H,3-6,9,17H2,1-2H3. The number of methoxy groups -OCH3 is 1. The van der Waals surface area contributed by atoms with E-state index >= 15 is 0 Å². The van der Waals surface area contributed by atoms with E-state index in [1.807, 2.05) is 0 Å². The third-order valence-corrected chi connectivity index (χ3v) is 4.04. The van der Waals surface area contributed by atoms with Crippen LogP contribution in [0.1, 0.15) is 32.6 Å². The Hall–Kier alpha value is -1.45. The van der Waals surface area contributed by atoms with Gasteiger partial charge in [-0.25, -0.2) is 4.39 Å². The summed E-state index contributed by atoms with van der Waals surface area (Å²) in [5, 5.41) is 3.19. The maximum Gasteiger partial charge on any atom is 0.148 e. The number of nitrogen functional groups attached to an aromatic ring is 1. The molecule has 2 rings (SSSR count). The Morgan fingerprint density at radius 2 is 2.00 bits per heavy atom. The second-order valence-electron chi connectivity index (χ2n) is 5.58. The summed E-state index contributed by atoms with van der Waals surface area (Å²) in [5.74, 6) is 1.67. The monoisotopic (exact) mass is 266 g/mol. The van der Waals surface area contributed by atoms with Crippen molar-refractivity contribution in [3.8, 4) is 5.75 Å². The van der Waals surface area contributed by atoms with E-state index in [0.717, 1.165) is 12.5 Å². The number of rotatable bonds is 4. The molecule has 3 N–H and O–H groups in total. The van der Waals surface area contributed by atoms with Crippen molar-refractivity contribution in [2.75, 3.05) is 24.7 Å². The van der Waals surface area contributed by atoms with Crippen molar-refractivity contribution in [3.05, 3.63) is 17.9 Å². The van der Waals surface area contributed by atoms with Crippen LogP contribution in [0.3, 0.4) is 0 Å². The Labute approximate surface area is 114 Å². The normalized spacial score (nSPS) is 23.1. The average molecular weight is 266 g/mol. The number of hydrogen-bond acceptors (Lipinski definition) is 3. The van der Waals surface area contributed by atoms with E-state index in [1.54, 1.807) is 6.07 Å². The lowest BCUT2D eigenvalue weighted by atomic mass is 9.83. The van der Waals surface area contributed by atoms with E-state index in [0.29, 0.717) is 23.0 Å². The fraction of sp³-hybridized carbons (Fsp3) is 0.600. The van der Waals surface area contributed by atoms with Crippen LogP contribution in [0.2, 0.25) is 0 Å². The Kier molecular flexibility index (Phi) is 4.51. The molecule has 106 valence electrons. The first-order chi connectivity index (χ1) is 9.10. The fourth-order valence-electron chi connectivity index (χ4n) is 2.67. The molecule has 3 nitrogen and oxygen atoms in total. The van der Waals surface area contributed by atoms with E-state index in [-0.39, 0.29) is 5.82 Å². The van der Waals surface area contributed by atoms with Gasteiger partial charge in [0.05, 0.1) is 18.5 Å². The summed E-state index contributed by atoms with van der Waals surface area (Å²) in [7, 11) is 1.54. The zero-order valence-corrected chi connectivity index (χ0v) is 11.7. The van der Waals surface area contributed by atoms with E-state index in [1.165, 1.54) is 38.9 Å². The van der Waals surface area contributed by atoms with E-state index in [9.17, 15) is 4.39 Å². The minimum absolute atomic E-state index is 0.317. The number of halogens is 1. The summed E-state index contributed by atoms with van der Waals surface area (Å²) in [5.41, 5.74) is 6.47. The third-order valence-electron chi connectivity index (χ3n) is 4.04. The third kappa shape index (κ3) is 3.52. The van der Waals surface area contributed by atoms with Gasteiger partial charge in [0, 0.05) is 18.7 Å². The zero-order valence-electron chi connectivity index (χ0n) is 11.7. The Morgan fingerprint density at radius 3 is 2.63 bits per heavy atom. The molecular formula is C15H23FN2O. The van der Waals surface area contributed by atoms with Gasteiger partial charge >= 0.3 is 0 Å². The maximum absolute atomic E-state index is 13.8. The van der Waals surface area contributed by atoms with Gasteiger partial charge in [-0.3, -0.25) is 0 Å². The first-order valence-corrected chi connectivity index (χ1v) is 6.97. The molecule has 1 aromatic carbocycles. The minimum atomic E-state index is -0.317. The van der Waals surface area contributed by atoms with E-state index in [4.69, 9.17) is 10.5 Å². The minimum Gasteiger partial charge on any atom is -0.495 e. The van der Waals surface area contributed by atoms with Crippen molar-refractivity contribution in [2.24, 2.45) is 11.8 Å². The van der Waals surface area contributed by atoms with Crippen molar-refractivity contribution in [1.29, 1.82) is 0 Å². The topological polar surface area (TPSA) is 47.3 Å². The molecule has 1 aliphatic carbocycles. The van der Waals surface area contributed by atoms with Crippen LogP contribution in [0.25, 0.3) is 0 Å². The second-order valence-corrected chi connectivity index (χ2v) is 5.58. The van der Waals surface area contributed by atoms with Crippen molar-refractivity contribution >= 4 is 11.4 Å². The van der Waals surface area contributed by atoms with Crippen LogP contribution in [0, 0.1) is 17.7 Å². The molecule has 0 radical (unpaired) electrons. The van der Waals surface area contributed by atoms with Crippen LogP contribution in [0.15, 0.2) is 12.1 Å². The van der Waals surface area contributed by atoms with E-state index in [2.05, 4.69) is 12.2 Å². The smallest absolute Gasteiger partial charge is 0.148 e. The molecule has 1 fully saturated rings. The van der Waals surface area contributed by atoms with Gasteiger partial charge in [-0.1, -0.05) is 19.8 Å². The molecule has 1 aliphatic rings. The highest BCUT2D eigenvalue weighted by Gasteiger charge is 2.18. The van der Waals surface area contributed by atoms with Crippen LogP contribution in [-0.2, 0) is 0 Å². The second kappa shape index (κ2) is 6.13. The predicted molar refractivity (Wildman–Crippen MR) is 77.0 cm³/mol. The molecule has 0 aromatic heterocycles. The quantitative estimate of drug-likeness (QED) is 0.818. The molecule has 1 aromatic rings. The predicted octanol–water partition coefficient (Wildman–Crippen LogP) is 3.65. The van der Waals surface area contributed by atoms with E-state index < -0.39 is 0 Å². The lowest BCUT2D eigenvalue weighted by Gasteiger charge is -2.26. The molecule has 19 heavy (non-hydrogen) atoms. The molecule has 0 amide bonds. The number of nitrogens with two attached hydrogens (primary N) is 1. The molecule has 0 atom stereocenters. The van der Waals surface area contributed by atoms with Crippen molar-refractivity contribution in [3.63, 3.8) is 0 Å². The number of benzene rings is 1. The highest BCUT2D eigenvalue weighted by Crippen LogP contribution is 2.31. The molecular weight excluding hydrogens is 243 g/mol. The Balaban J connectivity index is 1.95. The first kappa shape index (κ1) is 14.0.